The maximum Gasteiger partial charge on any atom is 0.306 e. The van der Waals surface area contributed by atoms with Crippen LogP contribution in [-0.2, 0) is 26.4 Å². The maximum atomic E-state index is 11.0. The molecule has 0 spiro atoms. The van der Waals surface area contributed by atoms with Gasteiger partial charge in [-0.1, -0.05) is 18.3 Å². The fourth-order valence-corrected chi connectivity index (χ4v) is 6.47. The SMILES string of the molecule is CCCSP(=S)(OCC)Oc1ccc(OS(C)(=O)=O)cc1. The highest BCUT2D eigenvalue weighted by Crippen LogP contribution is 2.60. The molecule has 0 aliphatic carbocycles. The van der Waals surface area contributed by atoms with Gasteiger partial charge in [-0.15, -0.1) is 0 Å². The van der Waals surface area contributed by atoms with E-state index in [-0.39, 0.29) is 5.75 Å². The van der Waals surface area contributed by atoms with Crippen molar-refractivity contribution in [3.63, 3.8) is 0 Å². The third-order valence-corrected chi connectivity index (χ3v) is 7.97. The molecule has 1 unspecified atom stereocenters. The van der Waals surface area contributed by atoms with Crippen molar-refractivity contribution >= 4 is 39.0 Å². The van der Waals surface area contributed by atoms with Crippen LogP contribution in [0.15, 0.2) is 24.3 Å². The molecule has 0 amide bonds. The lowest BCUT2D eigenvalue weighted by Crippen LogP contribution is -2.05. The summed E-state index contributed by atoms with van der Waals surface area (Å²) in [5.74, 6) is 1.64. The van der Waals surface area contributed by atoms with Gasteiger partial charge in [-0.3, -0.25) is 0 Å². The van der Waals surface area contributed by atoms with Crippen molar-refractivity contribution in [3.8, 4) is 11.5 Å². The summed E-state index contributed by atoms with van der Waals surface area (Å²) in [5.41, 5.74) is -2.42. The molecule has 0 fully saturated rings. The van der Waals surface area contributed by atoms with Crippen LogP contribution in [-0.4, -0.2) is 27.0 Å². The second kappa shape index (κ2) is 8.39. The molecular formula is C12H19O5PS3. The van der Waals surface area contributed by atoms with Crippen LogP contribution in [0, 0.1) is 0 Å². The normalized spacial score (nSPS) is 14.4. The van der Waals surface area contributed by atoms with Crippen LogP contribution >= 0.6 is 17.1 Å². The minimum absolute atomic E-state index is 0.232. The first kappa shape index (κ1) is 18.8. The quantitative estimate of drug-likeness (QED) is 0.484. The van der Waals surface area contributed by atoms with E-state index in [1.54, 1.807) is 12.1 Å². The van der Waals surface area contributed by atoms with Gasteiger partial charge in [0.25, 0.3) is 5.69 Å². The fraction of sp³-hybridized carbons (Fsp3) is 0.500. The zero-order chi connectivity index (χ0) is 15.9. The molecule has 1 aromatic rings. The molecule has 0 heterocycles. The third-order valence-electron chi connectivity index (χ3n) is 2.03. The van der Waals surface area contributed by atoms with Gasteiger partial charge in [-0.05, 0) is 49.4 Å². The molecule has 1 aromatic carbocycles. The summed E-state index contributed by atoms with van der Waals surface area (Å²) in [4.78, 5) is 0. The smallest absolute Gasteiger partial charge is 0.306 e. The summed E-state index contributed by atoms with van der Waals surface area (Å²) in [6, 6.07) is 6.28. The molecule has 9 heteroatoms. The van der Waals surface area contributed by atoms with E-state index in [4.69, 9.17) is 25.0 Å². The van der Waals surface area contributed by atoms with Crippen LogP contribution in [0.5, 0.6) is 11.5 Å². The number of hydrogen-bond donors (Lipinski definition) is 0. The Morgan fingerprint density at radius 3 is 2.24 bits per heavy atom. The number of hydrogen-bond acceptors (Lipinski definition) is 7. The lowest BCUT2D eigenvalue weighted by atomic mass is 10.3. The molecule has 0 aromatic heterocycles. The monoisotopic (exact) mass is 370 g/mol. The van der Waals surface area contributed by atoms with Crippen molar-refractivity contribution in [2.75, 3.05) is 18.6 Å². The molecule has 0 aliphatic heterocycles. The molecule has 1 rings (SSSR count). The summed E-state index contributed by atoms with van der Waals surface area (Å²) >= 11 is 6.98. The first-order valence-corrected chi connectivity index (χ1v) is 12.4. The molecule has 5 nitrogen and oxygen atoms in total. The highest BCUT2D eigenvalue weighted by molar-refractivity contribution is 8.68. The summed E-state index contributed by atoms with van der Waals surface area (Å²) < 4.78 is 38.2. The molecule has 120 valence electrons. The van der Waals surface area contributed by atoms with Crippen LogP contribution in [0.3, 0.4) is 0 Å². The van der Waals surface area contributed by atoms with E-state index in [1.807, 2.05) is 6.92 Å². The predicted molar refractivity (Wildman–Crippen MR) is 91.2 cm³/mol. The van der Waals surface area contributed by atoms with Crippen molar-refractivity contribution in [1.29, 1.82) is 0 Å². The molecule has 0 bridgehead atoms. The molecule has 0 radical (unpaired) electrons. The second-order valence-electron chi connectivity index (χ2n) is 4.05. The molecule has 0 aliphatic rings. The Balaban J connectivity index is 2.78. The zero-order valence-corrected chi connectivity index (χ0v) is 15.5. The molecule has 21 heavy (non-hydrogen) atoms. The largest absolute Gasteiger partial charge is 0.436 e. The molecule has 1 atom stereocenters. The number of rotatable bonds is 9. The van der Waals surface area contributed by atoms with Gasteiger partial charge in [0.05, 0.1) is 12.9 Å². The average molecular weight is 370 g/mol. The topological polar surface area (TPSA) is 61.8 Å². The van der Waals surface area contributed by atoms with Gasteiger partial charge in [0.15, 0.2) is 0 Å². The van der Waals surface area contributed by atoms with E-state index < -0.39 is 15.8 Å². The predicted octanol–water partition coefficient (Wildman–Crippen LogP) is 3.81. The first-order chi connectivity index (χ1) is 9.78. The zero-order valence-electron chi connectivity index (χ0n) is 12.1. The van der Waals surface area contributed by atoms with E-state index in [0.717, 1.165) is 18.4 Å². The Labute approximate surface area is 135 Å². The lowest BCUT2D eigenvalue weighted by Gasteiger charge is -2.21. The standard InChI is InChI=1S/C12H19O5PS3/c1-4-10-20-18(19,15-5-2)16-11-6-8-12(9-7-11)17-21(3,13)14/h6-9H,4-5,10H2,1-3H3. The van der Waals surface area contributed by atoms with Crippen LogP contribution in [0.25, 0.3) is 0 Å². The van der Waals surface area contributed by atoms with E-state index in [9.17, 15) is 8.42 Å². The molecule has 0 N–H and O–H groups in total. The van der Waals surface area contributed by atoms with Crippen molar-refractivity contribution in [1.82, 2.24) is 0 Å². The molecular weight excluding hydrogens is 351 g/mol. The van der Waals surface area contributed by atoms with Crippen molar-refractivity contribution in [3.05, 3.63) is 24.3 Å². The Morgan fingerprint density at radius 1 is 1.19 bits per heavy atom. The summed E-state index contributed by atoms with van der Waals surface area (Å²) in [6.45, 7) is 4.43. The minimum Gasteiger partial charge on any atom is -0.436 e. The van der Waals surface area contributed by atoms with Crippen molar-refractivity contribution in [2.24, 2.45) is 0 Å². The van der Waals surface area contributed by atoms with E-state index >= 15 is 0 Å². The van der Waals surface area contributed by atoms with Gasteiger partial charge in [0.2, 0.25) is 0 Å². The van der Waals surface area contributed by atoms with Gasteiger partial charge in [0.1, 0.15) is 11.5 Å². The van der Waals surface area contributed by atoms with Crippen LogP contribution in [0.2, 0.25) is 0 Å². The van der Waals surface area contributed by atoms with Crippen molar-refractivity contribution < 1.29 is 21.6 Å². The van der Waals surface area contributed by atoms with Crippen LogP contribution in [0.1, 0.15) is 20.3 Å². The second-order valence-corrected chi connectivity index (χ2v) is 12.0. The summed E-state index contributed by atoms with van der Waals surface area (Å²) in [5, 5.41) is 0. The van der Waals surface area contributed by atoms with E-state index in [0.29, 0.717) is 12.4 Å². The highest BCUT2D eigenvalue weighted by Gasteiger charge is 2.20. The molecule has 0 saturated heterocycles. The Morgan fingerprint density at radius 2 is 1.76 bits per heavy atom. The van der Waals surface area contributed by atoms with Gasteiger partial charge in [0, 0.05) is 5.75 Å². The third kappa shape index (κ3) is 7.51. The van der Waals surface area contributed by atoms with Crippen molar-refractivity contribution in [2.45, 2.75) is 20.3 Å². The Kier molecular flexibility index (Phi) is 7.50. The van der Waals surface area contributed by atoms with E-state index in [2.05, 4.69) is 6.92 Å². The van der Waals surface area contributed by atoms with Gasteiger partial charge in [-0.2, -0.15) is 8.42 Å². The Hall–Kier alpha value is -0.270. The molecule has 0 saturated carbocycles. The van der Waals surface area contributed by atoms with Crippen LogP contribution < -0.4 is 8.71 Å². The van der Waals surface area contributed by atoms with E-state index in [1.165, 1.54) is 23.5 Å². The number of benzene rings is 1. The summed E-state index contributed by atoms with van der Waals surface area (Å²) in [6.07, 6.45) is 1.98. The van der Waals surface area contributed by atoms with Gasteiger partial charge in [-0.25, -0.2) is 0 Å². The fourth-order valence-electron chi connectivity index (χ4n) is 1.31. The highest BCUT2D eigenvalue weighted by atomic mass is 32.9. The maximum absolute atomic E-state index is 11.0. The van der Waals surface area contributed by atoms with Gasteiger partial charge < -0.3 is 13.2 Å². The summed E-state index contributed by atoms with van der Waals surface area (Å²) in [7, 11) is -3.53. The van der Waals surface area contributed by atoms with Gasteiger partial charge >= 0.3 is 10.1 Å². The van der Waals surface area contributed by atoms with Crippen LogP contribution in [0.4, 0.5) is 0 Å². The minimum atomic E-state index is -3.53. The first-order valence-electron chi connectivity index (χ1n) is 6.36. The average Bonchev–Trinajstić information content (AvgIpc) is 2.37. The lowest BCUT2D eigenvalue weighted by molar-refractivity contribution is 0.344. The Bertz CT molecular complexity index is 585.